The molecular weight excluding hydrogens is 242 g/mol. The Balaban J connectivity index is 1.89. The lowest BCUT2D eigenvalue weighted by Crippen LogP contribution is -2.36. The van der Waals surface area contributed by atoms with Gasteiger partial charge in [0.05, 0.1) is 11.5 Å². The van der Waals surface area contributed by atoms with Crippen molar-refractivity contribution in [2.75, 3.05) is 0 Å². The third kappa shape index (κ3) is 3.78. The van der Waals surface area contributed by atoms with E-state index in [1.807, 2.05) is 0 Å². The van der Waals surface area contributed by atoms with E-state index >= 15 is 0 Å². The Hall–Kier alpha value is -0.510. The monoisotopic (exact) mass is 275 g/mol. The highest BCUT2D eigenvalue weighted by molar-refractivity contribution is 5.04. The summed E-state index contributed by atoms with van der Waals surface area (Å²) in [5.74, 6) is 2.82. The molecule has 1 heteroatoms. The van der Waals surface area contributed by atoms with Gasteiger partial charge in [-0.15, -0.1) is 0 Å². The summed E-state index contributed by atoms with van der Waals surface area (Å²) in [6.07, 6.45) is 15.8. The van der Waals surface area contributed by atoms with Crippen LogP contribution < -0.4 is 0 Å². The van der Waals surface area contributed by atoms with E-state index in [0.29, 0.717) is 0 Å². The van der Waals surface area contributed by atoms with Crippen LogP contribution in [0.3, 0.4) is 0 Å². The topological polar surface area (TPSA) is 23.8 Å². The summed E-state index contributed by atoms with van der Waals surface area (Å²) >= 11 is 0. The normalized spacial score (nSPS) is 37.1. The summed E-state index contributed by atoms with van der Waals surface area (Å²) < 4.78 is 0. The summed E-state index contributed by atoms with van der Waals surface area (Å²) in [6.45, 7) is 4.58. The fourth-order valence-corrected chi connectivity index (χ4v) is 4.88. The molecule has 20 heavy (non-hydrogen) atoms. The Morgan fingerprint density at radius 3 is 2.60 bits per heavy atom. The molecule has 114 valence electrons. The molecule has 2 aliphatic carbocycles. The van der Waals surface area contributed by atoms with E-state index in [9.17, 15) is 5.26 Å². The minimum absolute atomic E-state index is 0.0495. The predicted octanol–water partition coefficient (Wildman–Crippen LogP) is 6.09. The van der Waals surface area contributed by atoms with Crippen molar-refractivity contribution in [3.05, 3.63) is 0 Å². The number of fused-ring (bicyclic) bond motifs is 1. The van der Waals surface area contributed by atoms with Gasteiger partial charge in [0.1, 0.15) is 0 Å². The summed E-state index contributed by atoms with van der Waals surface area (Å²) in [7, 11) is 0. The summed E-state index contributed by atoms with van der Waals surface area (Å²) in [4.78, 5) is 0. The third-order valence-electron chi connectivity index (χ3n) is 6.09. The Kier molecular flexibility index (Phi) is 5.94. The van der Waals surface area contributed by atoms with Crippen LogP contribution in [-0.4, -0.2) is 0 Å². The van der Waals surface area contributed by atoms with Crippen LogP contribution in [0.1, 0.15) is 90.9 Å². The van der Waals surface area contributed by atoms with Crippen LogP contribution in [0.5, 0.6) is 0 Å². The molecule has 2 saturated carbocycles. The van der Waals surface area contributed by atoms with Crippen LogP contribution in [0.2, 0.25) is 0 Å². The maximum Gasteiger partial charge on any atom is 0.0689 e. The zero-order chi connectivity index (χ0) is 14.4. The Bertz CT molecular complexity index is 329. The highest BCUT2D eigenvalue weighted by Crippen LogP contribution is 2.51. The summed E-state index contributed by atoms with van der Waals surface area (Å²) in [5, 5.41) is 9.72. The quantitative estimate of drug-likeness (QED) is 0.538. The van der Waals surface area contributed by atoms with Gasteiger partial charge in [-0.2, -0.15) is 5.26 Å². The number of unbranched alkanes of at least 4 members (excludes halogenated alkanes) is 2. The standard InChI is InChI=1S/C19H33N/c1-3-5-6-11-19(15-20)12-10-17-13-16(7-4-2)8-9-18(17)14-19/h16-18H,3-14H2,1-2H3. The molecule has 1 nitrogen and oxygen atoms in total. The molecule has 0 saturated heterocycles. The average molecular weight is 275 g/mol. The van der Waals surface area contributed by atoms with Crippen LogP contribution in [0.4, 0.5) is 0 Å². The van der Waals surface area contributed by atoms with Crippen LogP contribution >= 0.6 is 0 Å². The smallest absolute Gasteiger partial charge is 0.0689 e. The zero-order valence-electron chi connectivity index (χ0n) is 13.7. The maximum atomic E-state index is 9.72. The van der Waals surface area contributed by atoms with Crippen molar-refractivity contribution in [2.45, 2.75) is 90.9 Å². The second kappa shape index (κ2) is 7.48. The van der Waals surface area contributed by atoms with Crippen molar-refractivity contribution >= 4 is 0 Å². The van der Waals surface area contributed by atoms with Gasteiger partial charge in [0.15, 0.2) is 0 Å². The van der Waals surface area contributed by atoms with E-state index in [1.54, 1.807) is 0 Å². The van der Waals surface area contributed by atoms with Gasteiger partial charge in [0.25, 0.3) is 0 Å². The van der Waals surface area contributed by atoms with E-state index < -0.39 is 0 Å². The maximum absolute atomic E-state index is 9.72. The van der Waals surface area contributed by atoms with Gasteiger partial charge < -0.3 is 0 Å². The average Bonchev–Trinajstić information content (AvgIpc) is 2.48. The lowest BCUT2D eigenvalue weighted by atomic mass is 9.58. The molecule has 0 aromatic carbocycles. The van der Waals surface area contributed by atoms with E-state index in [4.69, 9.17) is 0 Å². The van der Waals surface area contributed by atoms with E-state index in [2.05, 4.69) is 19.9 Å². The summed E-state index contributed by atoms with van der Waals surface area (Å²) in [5.41, 5.74) is 0.0495. The van der Waals surface area contributed by atoms with Crippen molar-refractivity contribution in [2.24, 2.45) is 23.2 Å². The van der Waals surface area contributed by atoms with E-state index in [1.165, 1.54) is 77.0 Å². The Morgan fingerprint density at radius 2 is 1.90 bits per heavy atom. The second-order valence-corrected chi connectivity index (χ2v) is 7.58. The molecule has 0 aliphatic heterocycles. The van der Waals surface area contributed by atoms with Gasteiger partial charge in [0, 0.05) is 0 Å². The highest BCUT2D eigenvalue weighted by atomic mass is 14.5. The van der Waals surface area contributed by atoms with Crippen molar-refractivity contribution in [1.29, 1.82) is 5.26 Å². The van der Waals surface area contributed by atoms with Crippen LogP contribution in [0.15, 0.2) is 0 Å². The highest BCUT2D eigenvalue weighted by Gasteiger charge is 2.42. The number of rotatable bonds is 6. The van der Waals surface area contributed by atoms with Crippen molar-refractivity contribution in [3.8, 4) is 6.07 Å². The first-order chi connectivity index (χ1) is 9.73. The van der Waals surface area contributed by atoms with Gasteiger partial charge in [-0.05, 0) is 56.3 Å². The lowest BCUT2D eigenvalue weighted by molar-refractivity contribution is 0.0620. The Labute approximate surface area is 126 Å². The second-order valence-electron chi connectivity index (χ2n) is 7.58. The number of hydrogen-bond donors (Lipinski definition) is 0. The van der Waals surface area contributed by atoms with E-state index in [-0.39, 0.29) is 5.41 Å². The SMILES string of the molecule is CCCCCC1(C#N)CCC2CC(CCC)CCC2C1. The van der Waals surface area contributed by atoms with Crippen LogP contribution in [0, 0.1) is 34.5 Å². The minimum Gasteiger partial charge on any atom is -0.198 e. The first-order valence-electron chi connectivity index (χ1n) is 9.14. The van der Waals surface area contributed by atoms with Crippen molar-refractivity contribution < 1.29 is 0 Å². The molecule has 0 heterocycles. The summed E-state index contributed by atoms with van der Waals surface area (Å²) in [6, 6.07) is 2.75. The third-order valence-corrected chi connectivity index (χ3v) is 6.09. The minimum atomic E-state index is 0.0495. The molecule has 0 bridgehead atoms. The Morgan fingerprint density at radius 1 is 1.05 bits per heavy atom. The zero-order valence-corrected chi connectivity index (χ0v) is 13.7. The first kappa shape index (κ1) is 15.9. The van der Waals surface area contributed by atoms with Gasteiger partial charge in [-0.25, -0.2) is 0 Å². The molecular formula is C19H33N. The lowest BCUT2D eigenvalue weighted by Gasteiger charge is -2.45. The molecule has 0 radical (unpaired) electrons. The molecule has 0 aromatic rings. The van der Waals surface area contributed by atoms with E-state index in [0.717, 1.165) is 17.8 Å². The van der Waals surface area contributed by atoms with Crippen LogP contribution in [0.25, 0.3) is 0 Å². The van der Waals surface area contributed by atoms with Gasteiger partial charge in [-0.3, -0.25) is 0 Å². The molecule has 0 N–H and O–H groups in total. The number of hydrogen-bond acceptors (Lipinski definition) is 1. The van der Waals surface area contributed by atoms with Crippen molar-refractivity contribution in [3.63, 3.8) is 0 Å². The molecule has 0 spiro atoms. The number of nitrogens with zero attached hydrogens (tertiary/aromatic N) is 1. The molecule has 0 aromatic heterocycles. The predicted molar refractivity (Wildman–Crippen MR) is 85.3 cm³/mol. The molecule has 2 aliphatic rings. The largest absolute Gasteiger partial charge is 0.198 e. The van der Waals surface area contributed by atoms with Gasteiger partial charge >= 0.3 is 0 Å². The first-order valence-corrected chi connectivity index (χ1v) is 9.14. The van der Waals surface area contributed by atoms with Crippen LogP contribution in [-0.2, 0) is 0 Å². The molecule has 2 fully saturated rings. The molecule has 4 atom stereocenters. The van der Waals surface area contributed by atoms with Gasteiger partial charge in [0.2, 0.25) is 0 Å². The fourth-order valence-electron chi connectivity index (χ4n) is 4.88. The van der Waals surface area contributed by atoms with Gasteiger partial charge in [-0.1, -0.05) is 52.4 Å². The molecule has 2 rings (SSSR count). The fraction of sp³-hybridized carbons (Fsp3) is 0.947. The number of nitriles is 1. The molecule has 4 unspecified atom stereocenters. The van der Waals surface area contributed by atoms with Crippen molar-refractivity contribution in [1.82, 2.24) is 0 Å². The molecule has 0 amide bonds.